The van der Waals surface area contributed by atoms with Crippen LogP contribution in [0.15, 0.2) is 0 Å². The van der Waals surface area contributed by atoms with Gasteiger partial charge in [0.25, 0.3) is 0 Å². The highest BCUT2D eigenvalue weighted by atomic mass is 35.5. The average Bonchev–Trinajstić information content (AvgIpc) is 2.85. The van der Waals surface area contributed by atoms with E-state index in [1.165, 1.54) is 25.9 Å². The van der Waals surface area contributed by atoms with Crippen molar-refractivity contribution in [2.75, 3.05) is 39.8 Å². The number of amides is 1. The lowest BCUT2D eigenvalue weighted by Gasteiger charge is -2.28. The number of carbonyl (C=O) groups is 1. The van der Waals surface area contributed by atoms with Gasteiger partial charge in [-0.1, -0.05) is 0 Å². The maximum atomic E-state index is 11.8. The van der Waals surface area contributed by atoms with Crippen LogP contribution in [-0.4, -0.2) is 50.6 Å². The number of nitrogens with one attached hydrogen (secondary N) is 2. The second kappa shape index (κ2) is 9.81. The first kappa shape index (κ1) is 19.0. The predicted molar refractivity (Wildman–Crippen MR) is 83.3 cm³/mol. The number of hydrogen-bond donors (Lipinski definition) is 2. The zero-order valence-corrected chi connectivity index (χ0v) is 13.3. The van der Waals surface area contributed by atoms with Gasteiger partial charge >= 0.3 is 0 Å². The third kappa shape index (κ3) is 6.30. The van der Waals surface area contributed by atoms with Gasteiger partial charge in [0, 0.05) is 13.1 Å². The lowest BCUT2D eigenvalue weighted by Crippen LogP contribution is -2.35. The summed E-state index contributed by atoms with van der Waals surface area (Å²) in [4.78, 5) is 14.2. The van der Waals surface area contributed by atoms with Gasteiger partial charge in [-0.25, -0.2) is 0 Å². The highest BCUT2D eigenvalue weighted by Crippen LogP contribution is 2.18. The molecule has 1 unspecified atom stereocenters. The van der Waals surface area contributed by atoms with E-state index in [0.717, 1.165) is 38.4 Å². The molecule has 2 aliphatic rings. The average molecular weight is 312 g/mol. The van der Waals surface area contributed by atoms with Crippen LogP contribution in [0.5, 0.6) is 0 Å². The molecule has 0 aliphatic carbocycles. The lowest BCUT2D eigenvalue weighted by atomic mass is 9.94. The Morgan fingerprint density at radius 3 is 2.53 bits per heavy atom. The molecule has 0 radical (unpaired) electrons. The minimum Gasteiger partial charge on any atom is -0.356 e. The molecule has 6 heteroatoms. The van der Waals surface area contributed by atoms with E-state index in [1.807, 2.05) is 0 Å². The largest absolute Gasteiger partial charge is 0.356 e. The summed E-state index contributed by atoms with van der Waals surface area (Å²) in [5.74, 6) is 1.28. The summed E-state index contributed by atoms with van der Waals surface area (Å²) in [6.45, 7) is 5.15. The molecule has 2 N–H and O–H groups in total. The van der Waals surface area contributed by atoms with Crippen molar-refractivity contribution in [1.29, 1.82) is 0 Å². The van der Waals surface area contributed by atoms with Gasteiger partial charge in [-0.15, -0.1) is 24.8 Å². The van der Waals surface area contributed by atoms with E-state index in [2.05, 4.69) is 22.6 Å². The SMILES string of the molecule is CN1CCC(CCNC(=O)C2CCNC2)CC1.Cl.Cl. The molecular formula is C13H27Cl2N3O. The van der Waals surface area contributed by atoms with E-state index in [0.29, 0.717) is 0 Å². The maximum Gasteiger partial charge on any atom is 0.224 e. The molecule has 2 aliphatic heterocycles. The third-order valence-electron chi connectivity index (χ3n) is 4.12. The van der Waals surface area contributed by atoms with Crippen LogP contribution in [0.25, 0.3) is 0 Å². The van der Waals surface area contributed by atoms with Gasteiger partial charge in [0.05, 0.1) is 5.92 Å². The first-order chi connectivity index (χ1) is 8.25. The molecule has 0 aromatic heterocycles. The van der Waals surface area contributed by atoms with Crippen molar-refractivity contribution in [3.8, 4) is 0 Å². The standard InChI is InChI=1S/C13H25N3O.2ClH/c1-16-8-4-11(5-9-16)2-7-15-13(17)12-3-6-14-10-12;;/h11-12,14H,2-10H2,1H3,(H,15,17);2*1H. The molecule has 4 nitrogen and oxygen atoms in total. The van der Waals surface area contributed by atoms with Gasteiger partial charge < -0.3 is 15.5 Å². The van der Waals surface area contributed by atoms with E-state index in [1.54, 1.807) is 0 Å². The highest BCUT2D eigenvalue weighted by Gasteiger charge is 2.22. The summed E-state index contributed by atoms with van der Waals surface area (Å²) in [6, 6.07) is 0. The number of likely N-dealkylation sites (tertiary alicyclic amines) is 1. The summed E-state index contributed by atoms with van der Waals surface area (Å²) in [6.07, 6.45) is 4.73. The van der Waals surface area contributed by atoms with Crippen molar-refractivity contribution < 1.29 is 4.79 Å². The fourth-order valence-electron chi connectivity index (χ4n) is 2.77. The number of rotatable bonds is 4. The van der Waals surface area contributed by atoms with Crippen molar-refractivity contribution in [2.45, 2.75) is 25.7 Å². The van der Waals surface area contributed by atoms with Crippen molar-refractivity contribution in [3.63, 3.8) is 0 Å². The van der Waals surface area contributed by atoms with E-state index in [-0.39, 0.29) is 36.6 Å². The van der Waals surface area contributed by atoms with Gasteiger partial charge in [-0.3, -0.25) is 4.79 Å². The van der Waals surface area contributed by atoms with Crippen LogP contribution in [0.2, 0.25) is 0 Å². The summed E-state index contributed by atoms with van der Waals surface area (Å²) in [5, 5.41) is 6.32. The molecule has 2 heterocycles. The Hall–Kier alpha value is -0.0300. The summed E-state index contributed by atoms with van der Waals surface area (Å²) in [7, 11) is 2.19. The van der Waals surface area contributed by atoms with Crippen LogP contribution in [0.4, 0.5) is 0 Å². The molecule has 2 rings (SSSR count). The first-order valence-electron chi connectivity index (χ1n) is 6.92. The Morgan fingerprint density at radius 2 is 1.95 bits per heavy atom. The van der Waals surface area contributed by atoms with Crippen molar-refractivity contribution in [2.24, 2.45) is 11.8 Å². The number of hydrogen-bond acceptors (Lipinski definition) is 3. The van der Waals surface area contributed by atoms with Gasteiger partial charge in [0.15, 0.2) is 0 Å². The van der Waals surface area contributed by atoms with Crippen molar-refractivity contribution in [1.82, 2.24) is 15.5 Å². The van der Waals surface area contributed by atoms with Gasteiger partial charge in [0.1, 0.15) is 0 Å². The zero-order valence-electron chi connectivity index (χ0n) is 11.7. The first-order valence-corrected chi connectivity index (χ1v) is 6.92. The Balaban J connectivity index is 0.00000162. The maximum absolute atomic E-state index is 11.8. The van der Waals surface area contributed by atoms with Crippen LogP contribution in [0, 0.1) is 11.8 Å². The molecule has 0 aromatic rings. The fourth-order valence-corrected chi connectivity index (χ4v) is 2.77. The van der Waals surface area contributed by atoms with Gasteiger partial charge in [-0.05, 0) is 58.3 Å². The van der Waals surface area contributed by atoms with E-state index in [9.17, 15) is 4.79 Å². The molecule has 0 saturated carbocycles. The third-order valence-corrected chi connectivity index (χ3v) is 4.12. The van der Waals surface area contributed by atoms with Crippen LogP contribution < -0.4 is 10.6 Å². The zero-order chi connectivity index (χ0) is 12.1. The van der Waals surface area contributed by atoms with Gasteiger partial charge in [-0.2, -0.15) is 0 Å². The second-order valence-electron chi connectivity index (χ2n) is 5.52. The molecule has 0 bridgehead atoms. The van der Waals surface area contributed by atoms with Crippen LogP contribution in [0.1, 0.15) is 25.7 Å². The Bertz CT molecular complexity index is 252. The molecule has 2 fully saturated rings. The van der Waals surface area contributed by atoms with E-state index < -0.39 is 0 Å². The van der Waals surface area contributed by atoms with E-state index in [4.69, 9.17) is 0 Å². The molecule has 0 spiro atoms. The molecule has 1 amide bonds. The van der Waals surface area contributed by atoms with Crippen molar-refractivity contribution >= 4 is 30.7 Å². The van der Waals surface area contributed by atoms with Crippen LogP contribution in [0.3, 0.4) is 0 Å². The number of nitrogens with zero attached hydrogens (tertiary/aromatic N) is 1. The minimum atomic E-state index is 0. The lowest BCUT2D eigenvalue weighted by molar-refractivity contribution is -0.124. The summed E-state index contributed by atoms with van der Waals surface area (Å²) < 4.78 is 0. The topological polar surface area (TPSA) is 44.4 Å². The summed E-state index contributed by atoms with van der Waals surface area (Å²) in [5.41, 5.74) is 0. The van der Waals surface area contributed by atoms with Crippen LogP contribution >= 0.6 is 24.8 Å². The fraction of sp³-hybridized carbons (Fsp3) is 0.923. The molecular weight excluding hydrogens is 285 g/mol. The van der Waals surface area contributed by atoms with E-state index >= 15 is 0 Å². The minimum absolute atomic E-state index is 0. The monoisotopic (exact) mass is 311 g/mol. The smallest absolute Gasteiger partial charge is 0.224 e. The molecule has 0 aromatic carbocycles. The Kier molecular flexibility index (Phi) is 9.79. The number of carbonyl (C=O) groups excluding carboxylic acids is 1. The quantitative estimate of drug-likeness (QED) is 0.822. The normalized spacial score (nSPS) is 24.4. The Morgan fingerprint density at radius 1 is 1.26 bits per heavy atom. The Labute approximate surface area is 128 Å². The molecule has 19 heavy (non-hydrogen) atoms. The van der Waals surface area contributed by atoms with Gasteiger partial charge in [0.2, 0.25) is 5.91 Å². The number of piperidine rings is 1. The second-order valence-corrected chi connectivity index (χ2v) is 5.52. The summed E-state index contributed by atoms with van der Waals surface area (Å²) >= 11 is 0. The van der Waals surface area contributed by atoms with Crippen LogP contribution in [-0.2, 0) is 4.79 Å². The predicted octanol–water partition coefficient (Wildman–Crippen LogP) is 1.29. The molecule has 114 valence electrons. The highest BCUT2D eigenvalue weighted by molar-refractivity contribution is 5.85. The molecule has 1 atom stereocenters. The number of halogens is 2. The molecule has 2 saturated heterocycles. The van der Waals surface area contributed by atoms with Crippen molar-refractivity contribution in [3.05, 3.63) is 0 Å².